The molecule has 1 aromatic heterocycles. The lowest BCUT2D eigenvalue weighted by Gasteiger charge is -2.17. The second kappa shape index (κ2) is 7.84. The molecule has 4 N–H and O–H groups in total. The van der Waals surface area contributed by atoms with E-state index in [0.717, 1.165) is 5.39 Å². The number of sulfonamides is 1. The SMILES string of the molecule is CCNC(=N)c1ccc2oc3cc(S(=O)(=O)N[C@H](C(=O)O)C(C)C)ccc3c2c1. The van der Waals surface area contributed by atoms with Crippen molar-refractivity contribution in [3.63, 3.8) is 0 Å². The van der Waals surface area contributed by atoms with Crippen molar-refractivity contribution < 1.29 is 22.7 Å². The molecule has 154 valence electrons. The molecular formula is C20H23N3O5S. The van der Waals surface area contributed by atoms with Gasteiger partial charge in [-0.05, 0) is 43.2 Å². The van der Waals surface area contributed by atoms with Crippen molar-refractivity contribution in [3.8, 4) is 0 Å². The van der Waals surface area contributed by atoms with Gasteiger partial charge in [-0.25, -0.2) is 8.42 Å². The molecule has 0 spiro atoms. The van der Waals surface area contributed by atoms with Crippen molar-refractivity contribution >= 4 is 43.8 Å². The minimum atomic E-state index is -4.04. The Morgan fingerprint density at radius 1 is 1.14 bits per heavy atom. The van der Waals surface area contributed by atoms with Gasteiger partial charge in [0.05, 0.1) is 4.90 Å². The summed E-state index contributed by atoms with van der Waals surface area (Å²) < 4.78 is 33.4. The minimum absolute atomic E-state index is 0.0726. The normalized spacial score (nSPS) is 13.1. The number of nitrogens with one attached hydrogen (secondary N) is 3. The average molecular weight is 417 g/mol. The highest BCUT2D eigenvalue weighted by atomic mass is 32.2. The molecule has 3 rings (SSSR count). The van der Waals surface area contributed by atoms with Gasteiger partial charge in [-0.1, -0.05) is 13.8 Å². The van der Waals surface area contributed by atoms with Crippen LogP contribution in [0.5, 0.6) is 0 Å². The maximum absolute atomic E-state index is 12.7. The summed E-state index contributed by atoms with van der Waals surface area (Å²) in [6.07, 6.45) is 0. The van der Waals surface area contributed by atoms with Gasteiger partial charge in [0.2, 0.25) is 10.0 Å². The zero-order valence-corrected chi connectivity index (χ0v) is 17.1. The topological polar surface area (TPSA) is 132 Å². The lowest BCUT2D eigenvalue weighted by Crippen LogP contribution is -2.44. The van der Waals surface area contributed by atoms with Crippen LogP contribution in [0.2, 0.25) is 0 Å². The fourth-order valence-corrected chi connectivity index (χ4v) is 4.42. The van der Waals surface area contributed by atoms with Gasteiger partial charge in [-0.2, -0.15) is 4.72 Å². The quantitative estimate of drug-likeness (QED) is 0.345. The van der Waals surface area contributed by atoms with E-state index in [0.29, 0.717) is 34.5 Å². The van der Waals surface area contributed by atoms with Gasteiger partial charge in [0.25, 0.3) is 0 Å². The number of fused-ring (bicyclic) bond motifs is 3. The predicted molar refractivity (Wildman–Crippen MR) is 111 cm³/mol. The van der Waals surface area contributed by atoms with Crippen molar-refractivity contribution in [1.29, 1.82) is 5.41 Å². The van der Waals surface area contributed by atoms with E-state index in [1.807, 2.05) is 13.0 Å². The van der Waals surface area contributed by atoms with Gasteiger partial charge in [-0.15, -0.1) is 0 Å². The van der Waals surface area contributed by atoms with Crippen LogP contribution in [0, 0.1) is 11.3 Å². The highest BCUT2D eigenvalue weighted by Gasteiger charge is 2.28. The molecular weight excluding hydrogens is 394 g/mol. The third-order valence-corrected chi connectivity index (χ3v) is 6.05. The van der Waals surface area contributed by atoms with Crippen molar-refractivity contribution in [2.24, 2.45) is 5.92 Å². The molecule has 0 saturated heterocycles. The number of carboxylic acid groups (broad SMARTS) is 1. The lowest BCUT2D eigenvalue weighted by atomic mass is 10.1. The molecule has 0 amide bonds. The monoisotopic (exact) mass is 417 g/mol. The largest absolute Gasteiger partial charge is 0.480 e. The van der Waals surface area contributed by atoms with Crippen molar-refractivity contribution in [1.82, 2.24) is 10.0 Å². The summed E-state index contributed by atoms with van der Waals surface area (Å²) in [6.45, 7) is 5.80. The summed E-state index contributed by atoms with van der Waals surface area (Å²) in [5.74, 6) is -1.35. The van der Waals surface area contributed by atoms with E-state index in [9.17, 15) is 18.3 Å². The van der Waals surface area contributed by atoms with Crippen LogP contribution in [0.1, 0.15) is 26.3 Å². The number of hydrogen-bond donors (Lipinski definition) is 4. The number of hydrogen-bond acceptors (Lipinski definition) is 5. The molecule has 0 fully saturated rings. The standard InChI is InChI=1S/C20H23N3O5S/c1-4-22-19(21)12-5-8-16-15(9-12)14-7-6-13(10-17(14)28-16)29(26,27)23-18(11(2)3)20(24)25/h5-11,18,23H,4H2,1-3H3,(H2,21,22)(H,24,25)/t18-/m0/s1. The van der Waals surface area contributed by atoms with E-state index in [4.69, 9.17) is 9.83 Å². The highest BCUT2D eigenvalue weighted by Crippen LogP contribution is 2.31. The molecule has 0 unspecified atom stereocenters. The number of rotatable bonds is 7. The first kappa shape index (κ1) is 20.8. The number of benzene rings is 2. The number of carbonyl (C=O) groups is 1. The Bertz CT molecular complexity index is 1200. The van der Waals surface area contributed by atoms with Crippen LogP contribution in [0.15, 0.2) is 45.7 Å². The molecule has 0 bridgehead atoms. The third kappa shape index (κ3) is 4.10. The van der Waals surface area contributed by atoms with Gasteiger partial charge in [0.15, 0.2) is 0 Å². The van der Waals surface area contributed by atoms with Crippen LogP contribution in [0.3, 0.4) is 0 Å². The zero-order chi connectivity index (χ0) is 21.3. The summed E-state index contributed by atoms with van der Waals surface area (Å²) in [7, 11) is -4.04. The first-order valence-corrected chi connectivity index (χ1v) is 10.7. The molecule has 0 aliphatic carbocycles. The predicted octanol–water partition coefficient (Wildman–Crippen LogP) is 2.91. The molecule has 3 aromatic rings. The molecule has 2 aromatic carbocycles. The van der Waals surface area contributed by atoms with E-state index >= 15 is 0 Å². The molecule has 29 heavy (non-hydrogen) atoms. The zero-order valence-electron chi connectivity index (χ0n) is 16.3. The molecule has 0 aliphatic rings. The Morgan fingerprint density at radius 3 is 2.48 bits per heavy atom. The Hall–Kier alpha value is -2.91. The fraction of sp³-hybridized carbons (Fsp3) is 0.300. The number of furan rings is 1. The molecule has 0 saturated carbocycles. The van der Waals surface area contributed by atoms with E-state index in [1.165, 1.54) is 12.1 Å². The van der Waals surface area contributed by atoms with Gasteiger partial charge in [0.1, 0.15) is 23.0 Å². The Balaban J connectivity index is 2.03. The smallest absolute Gasteiger partial charge is 0.322 e. The van der Waals surface area contributed by atoms with Crippen LogP contribution in [-0.4, -0.2) is 37.9 Å². The van der Waals surface area contributed by atoms with Gasteiger partial charge >= 0.3 is 5.97 Å². The van der Waals surface area contributed by atoms with Crippen molar-refractivity contribution in [2.45, 2.75) is 31.7 Å². The van der Waals surface area contributed by atoms with Gasteiger partial charge in [0, 0.05) is 28.9 Å². The van der Waals surface area contributed by atoms with E-state index in [-0.39, 0.29) is 4.90 Å². The van der Waals surface area contributed by atoms with Crippen LogP contribution >= 0.6 is 0 Å². The lowest BCUT2D eigenvalue weighted by molar-refractivity contribution is -0.140. The maximum atomic E-state index is 12.7. The minimum Gasteiger partial charge on any atom is -0.480 e. The molecule has 0 aliphatic heterocycles. The summed E-state index contributed by atoms with van der Waals surface area (Å²) in [5, 5.41) is 21.7. The van der Waals surface area contributed by atoms with Crippen molar-refractivity contribution in [2.75, 3.05) is 6.54 Å². The van der Waals surface area contributed by atoms with Gasteiger partial charge < -0.3 is 14.8 Å². The molecule has 8 nitrogen and oxygen atoms in total. The van der Waals surface area contributed by atoms with E-state index in [1.54, 1.807) is 32.0 Å². The van der Waals surface area contributed by atoms with E-state index < -0.39 is 28.0 Å². The molecule has 1 heterocycles. The molecule has 0 radical (unpaired) electrons. The molecule has 1 atom stereocenters. The summed E-state index contributed by atoms with van der Waals surface area (Å²) in [6, 6.07) is 8.51. The van der Waals surface area contributed by atoms with Crippen LogP contribution in [0.4, 0.5) is 0 Å². The number of amidine groups is 1. The number of aliphatic carboxylic acids is 1. The van der Waals surface area contributed by atoms with Gasteiger partial charge in [-0.3, -0.25) is 10.2 Å². The van der Waals surface area contributed by atoms with Crippen molar-refractivity contribution in [3.05, 3.63) is 42.0 Å². The second-order valence-corrected chi connectivity index (χ2v) is 8.77. The third-order valence-electron chi connectivity index (χ3n) is 4.61. The Labute approximate surface area is 168 Å². The second-order valence-electron chi connectivity index (χ2n) is 7.06. The number of carboxylic acids is 1. The van der Waals surface area contributed by atoms with Crippen LogP contribution < -0.4 is 10.0 Å². The fourth-order valence-electron chi connectivity index (χ4n) is 3.07. The Morgan fingerprint density at radius 2 is 1.86 bits per heavy atom. The molecule has 9 heteroatoms. The average Bonchev–Trinajstić information content (AvgIpc) is 3.03. The first-order chi connectivity index (χ1) is 13.6. The Kier molecular flexibility index (Phi) is 5.63. The van der Waals surface area contributed by atoms with Crippen LogP contribution in [0.25, 0.3) is 21.9 Å². The summed E-state index contributed by atoms with van der Waals surface area (Å²) >= 11 is 0. The first-order valence-electron chi connectivity index (χ1n) is 9.18. The summed E-state index contributed by atoms with van der Waals surface area (Å²) in [5.41, 5.74) is 1.63. The van der Waals surface area contributed by atoms with E-state index in [2.05, 4.69) is 10.0 Å². The highest BCUT2D eigenvalue weighted by molar-refractivity contribution is 7.89. The summed E-state index contributed by atoms with van der Waals surface area (Å²) in [4.78, 5) is 11.3. The van der Waals surface area contributed by atoms with Crippen LogP contribution in [-0.2, 0) is 14.8 Å². The maximum Gasteiger partial charge on any atom is 0.322 e.